The standard InChI is InChI=1S/C13H20/c1-5-7-9-13(8-6-2)11-10-12(3)4/h5-12H,1-4H3/b7-5-,8-6-,11-10?,13-9+. The Morgan fingerprint density at radius 3 is 2.15 bits per heavy atom. The minimum Gasteiger partial charge on any atom is -0.0876 e. The summed E-state index contributed by atoms with van der Waals surface area (Å²) in [4.78, 5) is 0. The van der Waals surface area contributed by atoms with Gasteiger partial charge >= 0.3 is 0 Å². The van der Waals surface area contributed by atoms with Gasteiger partial charge in [-0.05, 0) is 25.3 Å². The van der Waals surface area contributed by atoms with Gasteiger partial charge in [0.15, 0.2) is 0 Å². The summed E-state index contributed by atoms with van der Waals surface area (Å²) in [6, 6.07) is 0. The molecule has 13 heavy (non-hydrogen) atoms. The lowest BCUT2D eigenvalue weighted by molar-refractivity contribution is 0.831. The van der Waals surface area contributed by atoms with Gasteiger partial charge in [-0.25, -0.2) is 0 Å². The highest BCUT2D eigenvalue weighted by atomic mass is 13.9. The molecule has 0 aromatic carbocycles. The number of hydrogen-bond donors (Lipinski definition) is 0. The molecule has 0 amide bonds. The van der Waals surface area contributed by atoms with E-state index in [-0.39, 0.29) is 0 Å². The van der Waals surface area contributed by atoms with Crippen molar-refractivity contribution in [3.63, 3.8) is 0 Å². The van der Waals surface area contributed by atoms with E-state index in [4.69, 9.17) is 0 Å². The molecular formula is C13H20. The molecule has 0 atom stereocenters. The average Bonchev–Trinajstić information content (AvgIpc) is 2.09. The minimum atomic E-state index is 0.610. The molecule has 0 aliphatic rings. The van der Waals surface area contributed by atoms with Crippen LogP contribution in [-0.4, -0.2) is 0 Å². The molecule has 0 unspecified atom stereocenters. The van der Waals surface area contributed by atoms with Gasteiger partial charge in [-0.15, -0.1) is 0 Å². The molecule has 0 aliphatic carbocycles. The maximum atomic E-state index is 2.20. The van der Waals surface area contributed by atoms with Crippen LogP contribution in [0.3, 0.4) is 0 Å². The zero-order chi connectivity index (χ0) is 10.1. The summed E-state index contributed by atoms with van der Waals surface area (Å²) in [5.41, 5.74) is 1.24. The Balaban J connectivity index is 4.43. The second-order valence-electron chi connectivity index (χ2n) is 3.30. The van der Waals surface area contributed by atoms with Crippen LogP contribution in [0.5, 0.6) is 0 Å². The van der Waals surface area contributed by atoms with Crippen LogP contribution >= 0.6 is 0 Å². The molecule has 0 heterocycles. The molecule has 0 saturated heterocycles. The van der Waals surface area contributed by atoms with Crippen molar-refractivity contribution < 1.29 is 0 Å². The van der Waals surface area contributed by atoms with Crippen molar-refractivity contribution in [2.75, 3.05) is 0 Å². The molecule has 0 aromatic heterocycles. The van der Waals surface area contributed by atoms with Gasteiger partial charge in [-0.2, -0.15) is 0 Å². The van der Waals surface area contributed by atoms with Gasteiger partial charge in [0, 0.05) is 0 Å². The van der Waals surface area contributed by atoms with E-state index >= 15 is 0 Å². The van der Waals surface area contributed by atoms with Crippen molar-refractivity contribution in [2.45, 2.75) is 27.7 Å². The molecular weight excluding hydrogens is 156 g/mol. The fourth-order valence-electron chi connectivity index (χ4n) is 0.870. The van der Waals surface area contributed by atoms with Gasteiger partial charge in [0.05, 0.1) is 0 Å². The molecule has 0 radical (unpaired) electrons. The Morgan fingerprint density at radius 2 is 1.69 bits per heavy atom. The molecule has 0 aromatic rings. The first-order valence-electron chi connectivity index (χ1n) is 4.84. The van der Waals surface area contributed by atoms with Crippen LogP contribution in [0.15, 0.2) is 48.1 Å². The molecule has 0 nitrogen and oxygen atoms in total. The van der Waals surface area contributed by atoms with Crippen LogP contribution in [-0.2, 0) is 0 Å². The molecule has 0 aliphatic heterocycles. The van der Waals surface area contributed by atoms with E-state index in [1.807, 2.05) is 19.9 Å². The zero-order valence-corrected chi connectivity index (χ0v) is 9.12. The molecule has 0 bridgehead atoms. The van der Waals surface area contributed by atoms with E-state index in [0.717, 1.165) is 0 Å². The minimum absolute atomic E-state index is 0.610. The monoisotopic (exact) mass is 176 g/mol. The summed E-state index contributed by atoms with van der Waals surface area (Å²) >= 11 is 0. The summed E-state index contributed by atoms with van der Waals surface area (Å²) in [7, 11) is 0. The van der Waals surface area contributed by atoms with Crippen LogP contribution < -0.4 is 0 Å². The predicted molar refractivity (Wildman–Crippen MR) is 61.7 cm³/mol. The van der Waals surface area contributed by atoms with E-state index in [2.05, 4.69) is 50.3 Å². The van der Waals surface area contributed by atoms with Crippen molar-refractivity contribution >= 4 is 0 Å². The van der Waals surface area contributed by atoms with E-state index in [0.29, 0.717) is 5.92 Å². The topological polar surface area (TPSA) is 0 Å². The lowest BCUT2D eigenvalue weighted by atomic mass is 10.1. The molecule has 0 fully saturated rings. The van der Waals surface area contributed by atoms with Gasteiger partial charge in [0.2, 0.25) is 0 Å². The van der Waals surface area contributed by atoms with Gasteiger partial charge in [0.1, 0.15) is 0 Å². The molecule has 72 valence electrons. The maximum absolute atomic E-state index is 2.20. The Labute approximate surface area is 82.4 Å². The Hall–Kier alpha value is -1.04. The summed E-state index contributed by atoms with van der Waals surface area (Å²) < 4.78 is 0. The van der Waals surface area contributed by atoms with E-state index < -0.39 is 0 Å². The molecule has 0 saturated carbocycles. The molecule has 0 heteroatoms. The highest BCUT2D eigenvalue weighted by molar-refractivity contribution is 5.33. The number of rotatable bonds is 4. The molecule has 0 N–H and O–H groups in total. The SMILES string of the molecule is C\C=C/C=C(C=CC(C)C)\C=C/C. The second kappa shape index (κ2) is 7.60. The summed E-state index contributed by atoms with van der Waals surface area (Å²) in [6.07, 6.45) is 14.7. The third-order valence-corrected chi connectivity index (χ3v) is 1.51. The zero-order valence-electron chi connectivity index (χ0n) is 9.12. The smallest absolute Gasteiger partial charge is 0.0263 e. The van der Waals surface area contributed by atoms with Crippen molar-refractivity contribution in [3.8, 4) is 0 Å². The van der Waals surface area contributed by atoms with Crippen LogP contribution in [0.1, 0.15) is 27.7 Å². The Bertz CT molecular complexity index is 224. The van der Waals surface area contributed by atoms with Gasteiger partial charge in [-0.1, -0.05) is 56.4 Å². The first-order valence-corrected chi connectivity index (χ1v) is 4.84. The quantitative estimate of drug-likeness (QED) is 0.561. The fourth-order valence-corrected chi connectivity index (χ4v) is 0.870. The van der Waals surface area contributed by atoms with E-state index in [1.165, 1.54) is 5.57 Å². The maximum Gasteiger partial charge on any atom is -0.0263 e. The van der Waals surface area contributed by atoms with Crippen molar-refractivity contribution in [3.05, 3.63) is 48.1 Å². The van der Waals surface area contributed by atoms with Gasteiger partial charge in [0.25, 0.3) is 0 Å². The first kappa shape index (κ1) is 12.0. The van der Waals surface area contributed by atoms with Crippen molar-refractivity contribution in [1.82, 2.24) is 0 Å². The van der Waals surface area contributed by atoms with Crippen molar-refractivity contribution in [2.24, 2.45) is 5.92 Å². The van der Waals surface area contributed by atoms with Gasteiger partial charge < -0.3 is 0 Å². The lowest BCUT2D eigenvalue weighted by Gasteiger charge is -1.95. The summed E-state index contributed by atoms with van der Waals surface area (Å²) in [5.74, 6) is 0.610. The number of allylic oxidation sites excluding steroid dienone is 8. The third-order valence-electron chi connectivity index (χ3n) is 1.51. The largest absolute Gasteiger partial charge is 0.0876 e. The van der Waals surface area contributed by atoms with Crippen LogP contribution in [0.4, 0.5) is 0 Å². The fraction of sp³-hybridized carbons (Fsp3) is 0.385. The van der Waals surface area contributed by atoms with E-state index in [9.17, 15) is 0 Å². The molecule has 0 rings (SSSR count). The Kier molecular flexibility index (Phi) is 6.99. The summed E-state index contributed by atoms with van der Waals surface area (Å²) in [6.45, 7) is 8.42. The van der Waals surface area contributed by atoms with Crippen LogP contribution in [0.25, 0.3) is 0 Å². The van der Waals surface area contributed by atoms with Gasteiger partial charge in [-0.3, -0.25) is 0 Å². The lowest BCUT2D eigenvalue weighted by Crippen LogP contribution is -1.78. The third kappa shape index (κ3) is 7.32. The highest BCUT2D eigenvalue weighted by Gasteiger charge is 1.85. The van der Waals surface area contributed by atoms with E-state index in [1.54, 1.807) is 0 Å². The normalized spacial score (nSPS) is 14.4. The number of hydrogen-bond acceptors (Lipinski definition) is 0. The predicted octanol–water partition coefficient (Wildman–Crippen LogP) is 4.28. The summed E-state index contributed by atoms with van der Waals surface area (Å²) in [5, 5.41) is 0. The first-order chi connectivity index (χ1) is 6.20. The van der Waals surface area contributed by atoms with Crippen molar-refractivity contribution in [1.29, 1.82) is 0 Å². The van der Waals surface area contributed by atoms with Crippen LogP contribution in [0, 0.1) is 5.92 Å². The highest BCUT2D eigenvalue weighted by Crippen LogP contribution is 2.03. The molecule has 0 spiro atoms. The second-order valence-corrected chi connectivity index (χ2v) is 3.30. The van der Waals surface area contributed by atoms with Crippen LogP contribution in [0.2, 0.25) is 0 Å². The average molecular weight is 176 g/mol. The Morgan fingerprint density at radius 1 is 1.00 bits per heavy atom.